The number of carboxylic acid groups (broad SMARTS) is 1. The summed E-state index contributed by atoms with van der Waals surface area (Å²) in [6.07, 6.45) is 1.22. The van der Waals surface area contributed by atoms with Gasteiger partial charge in [0.15, 0.2) is 0 Å². The molecule has 0 fully saturated rings. The van der Waals surface area contributed by atoms with E-state index in [0.29, 0.717) is 6.54 Å². The van der Waals surface area contributed by atoms with E-state index in [4.69, 9.17) is 28.3 Å². The molecule has 1 aromatic heterocycles. The van der Waals surface area contributed by atoms with Gasteiger partial charge in [-0.3, -0.25) is 9.59 Å². The number of hydrogen-bond acceptors (Lipinski definition) is 3. The Bertz CT molecular complexity index is 466. The number of hydrogen-bond donors (Lipinski definition) is 1. The molecular weight excluding hydrogens is 279 g/mol. The fourth-order valence-corrected chi connectivity index (χ4v) is 1.62. The molecule has 0 aliphatic rings. The molecule has 1 N–H and O–H groups in total. The lowest BCUT2D eigenvalue weighted by Gasteiger charge is -2.19. The van der Waals surface area contributed by atoms with E-state index >= 15 is 0 Å². The number of pyridine rings is 1. The summed E-state index contributed by atoms with van der Waals surface area (Å²) >= 11 is 11.4. The van der Waals surface area contributed by atoms with Gasteiger partial charge in [0.05, 0.1) is 17.0 Å². The first kappa shape index (κ1) is 14.7. The average molecular weight is 291 g/mol. The van der Waals surface area contributed by atoms with E-state index in [0.717, 1.165) is 0 Å². The monoisotopic (exact) mass is 290 g/mol. The van der Waals surface area contributed by atoms with Gasteiger partial charge < -0.3 is 10.0 Å². The summed E-state index contributed by atoms with van der Waals surface area (Å²) in [4.78, 5) is 27.7. The molecule has 0 radical (unpaired) electrons. The molecular formula is C11H12Cl2N2O3. The van der Waals surface area contributed by atoms with Crippen molar-refractivity contribution in [1.82, 2.24) is 9.88 Å². The van der Waals surface area contributed by atoms with Crippen LogP contribution in [0.2, 0.25) is 10.2 Å². The molecule has 18 heavy (non-hydrogen) atoms. The molecule has 0 atom stereocenters. The molecule has 0 aliphatic heterocycles. The maximum Gasteiger partial charge on any atom is 0.305 e. The normalized spacial score (nSPS) is 10.2. The van der Waals surface area contributed by atoms with Gasteiger partial charge in [0, 0.05) is 19.3 Å². The number of nitrogens with zero attached hydrogens (tertiary/aromatic N) is 2. The van der Waals surface area contributed by atoms with E-state index in [-0.39, 0.29) is 34.6 Å². The maximum atomic E-state index is 12.0. The topological polar surface area (TPSA) is 70.5 Å². The standard InChI is InChI=1S/C11H12Cl2N2O3/c1-2-15(4-3-9(16)17)11(18)7-5-8(12)10(13)14-6-7/h5-6H,2-4H2,1H3,(H,16,17). The number of aromatic nitrogens is 1. The van der Waals surface area contributed by atoms with Crippen LogP contribution in [-0.2, 0) is 4.79 Å². The third-order valence-corrected chi connectivity index (χ3v) is 2.99. The molecule has 0 bridgehead atoms. The molecule has 0 aliphatic carbocycles. The van der Waals surface area contributed by atoms with Crippen LogP contribution in [0.4, 0.5) is 0 Å². The number of carbonyl (C=O) groups excluding carboxylic acids is 1. The Hall–Kier alpha value is -1.33. The molecule has 0 aromatic carbocycles. The minimum Gasteiger partial charge on any atom is -0.481 e. The third-order valence-electron chi connectivity index (χ3n) is 2.31. The van der Waals surface area contributed by atoms with Crippen molar-refractivity contribution in [2.45, 2.75) is 13.3 Å². The first-order valence-corrected chi connectivity index (χ1v) is 6.03. The van der Waals surface area contributed by atoms with Gasteiger partial charge in [0.2, 0.25) is 0 Å². The van der Waals surface area contributed by atoms with Crippen LogP contribution in [-0.4, -0.2) is 40.0 Å². The molecule has 1 amide bonds. The lowest BCUT2D eigenvalue weighted by Crippen LogP contribution is -2.32. The quantitative estimate of drug-likeness (QED) is 0.845. The van der Waals surface area contributed by atoms with Gasteiger partial charge in [-0.1, -0.05) is 23.2 Å². The van der Waals surface area contributed by atoms with Crippen molar-refractivity contribution in [3.05, 3.63) is 28.0 Å². The lowest BCUT2D eigenvalue weighted by atomic mass is 10.2. The summed E-state index contributed by atoms with van der Waals surface area (Å²) in [5.41, 5.74) is 0.289. The zero-order valence-corrected chi connectivity index (χ0v) is 11.2. The Morgan fingerprint density at radius 3 is 2.61 bits per heavy atom. The van der Waals surface area contributed by atoms with Crippen LogP contribution in [0.3, 0.4) is 0 Å². The van der Waals surface area contributed by atoms with Crippen molar-refractivity contribution in [1.29, 1.82) is 0 Å². The molecule has 98 valence electrons. The van der Waals surface area contributed by atoms with E-state index in [9.17, 15) is 9.59 Å². The van der Waals surface area contributed by atoms with Crippen molar-refractivity contribution in [3.63, 3.8) is 0 Å². The van der Waals surface area contributed by atoms with Gasteiger partial charge in [-0.25, -0.2) is 4.98 Å². The van der Waals surface area contributed by atoms with Crippen LogP contribution < -0.4 is 0 Å². The zero-order chi connectivity index (χ0) is 13.7. The minimum atomic E-state index is -0.950. The van der Waals surface area contributed by atoms with Crippen molar-refractivity contribution in [2.24, 2.45) is 0 Å². The fourth-order valence-electron chi connectivity index (χ4n) is 1.35. The Morgan fingerprint density at radius 1 is 1.44 bits per heavy atom. The van der Waals surface area contributed by atoms with Gasteiger partial charge >= 0.3 is 5.97 Å². The highest BCUT2D eigenvalue weighted by atomic mass is 35.5. The first-order valence-electron chi connectivity index (χ1n) is 5.27. The molecule has 0 saturated carbocycles. The van der Waals surface area contributed by atoms with Crippen LogP contribution in [0.1, 0.15) is 23.7 Å². The van der Waals surface area contributed by atoms with Gasteiger partial charge in [0.25, 0.3) is 5.91 Å². The van der Waals surface area contributed by atoms with E-state index in [1.165, 1.54) is 17.2 Å². The van der Waals surface area contributed by atoms with Crippen LogP contribution >= 0.6 is 23.2 Å². The molecule has 0 unspecified atom stereocenters. The van der Waals surface area contributed by atoms with Crippen molar-refractivity contribution in [3.8, 4) is 0 Å². The molecule has 7 heteroatoms. The summed E-state index contributed by atoms with van der Waals surface area (Å²) in [5.74, 6) is -1.27. The Kier molecular flexibility index (Phi) is 5.37. The summed E-state index contributed by atoms with van der Waals surface area (Å²) in [7, 11) is 0. The number of carbonyl (C=O) groups is 2. The second kappa shape index (κ2) is 6.56. The summed E-state index contributed by atoms with van der Waals surface area (Å²) in [6, 6.07) is 1.42. The van der Waals surface area contributed by atoms with Crippen LogP contribution in [0.5, 0.6) is 0 Å². The van der Waals surface area contributed by atoms with Gasteiger partial charge in [-0.05, 0) is 13.0 Å². The zero-order valence-electron chi connectivity index (χ0n) is 9.69. The Labute approximate surface area is 114 Å². The maximum absolute atomic E-state index is 12.0. The highest BCUT2D eigenvalue weighted by Crippen LogP contribution is 2.20. The van der Waals surface area contributed by atoms with Crippen molar-refractivity contribution < 1.29 is 14.7 Å². The van der Waals surface area contributed by atoms with Crippen LogP contribution in [0.15, 0.2) is 12.3 Å². The van der Waals surface area contributed by atoms with Crippen LogP contribution in [0, 0.1) is 0 Å². The predicted octanol–water partition coefficient (Wildman–Crippen LogP) is 2.33. The molecule has 0 saturated heterocycles. The molecule has 1 rings (SSSR count). The summed E-state index contributed by atoms with van der Waals surface area (Å²) < 4.78 is 0. The molecule has 0 spiro atoms. The summed E-state index contributed by atoms with van der Waals surface area (Å²) in [6.45, 7) is 2.32. The molecule has 1 aromatic rings. The smallest absolute Gasteiger partial charge is 0.305 e. The number of aliphatic carboxylic acids is 1. The second-order valence-electron chi connectivity index (χ2n) is 3.53. The number of halogens is 2. The van der Waals surface area contributed by atoms with E-state index < -0.39 is 5.97 Å². The van der Waals surface area contributed by atoms with Gasteiger partial charge in [-0.15, -0.1) is 0 Å². The largest absolute Gasteiger partial charge is 0.481 e. The minimum absolute atomic E-state index is 0.103. The number of amides is 1. The number of carboxylic acids is 1. The second-order valence-corrected chi connectivity index (χ2v) is 4.29. The highest BCUT2D eigenvalue weighted by molar-refractivity contribution is 6.41. The Morgan fingerprint density at radius 2 is 2.11 bits per heavy atom. The van der Waals surface area contributed by atoms with Crippen molar-refractivity contribution in [2.75, 3.05) is 13.1 Å². The van der Waals surface area contributed by atoms with Crippen molar-refractivity contribution >= 4 is 35.1 Å². The Balaban J connectivity index is 2.82. The molecule has 5 nitrogen and oxygen atoms in total. The molecule has 1 heterocycles. The average Bonchev–Trinajstić information content (AvgIpc) is 2.32. The van der Waals surface area contributed by atoms with E-state index in [1.54, 1.807) is 6.92 Å². The summed E-state index contributed by atoms with van der Waals surface area (Å²) in [5, 5.41) is 8.92. The lowest BCUT2D eigenvalue weighted by molar-refractivity contribution is -0.137. The van der Waals surface area contributed by atoms with Crippen LogP contribution in [0.25, 0.3) is 0 Å². The van der Waals surface area contributed by atoms with Gasteiger partial charge in [0.1, 0.15) is 5.15 Å². The highest BCUT2D eigenvalue weighted by Gasteiger charge is 2.16. The number of rotatable bonds is 5. The fraction of sp³-hybridized carbons (Fsp3) is 0.364. The van der Waals surface area contributed by atoms with E-state index in [2.05, 4.69) is 4.98 Å². The predicted molar refractivity (Wildman–Crippen MR) is 68.1 cm³/mol. The van der Waals surface area contributed by atoms with E-state index in [1.807, 2.05) is 0 Å². The van der Waals surface area contributed by atoms with Gasteiger partial charge in [-0.2, -0.15) is 0 Å². The SMILES string of the molecule is CCN(CCC(=O)O)C(=O)c1cnc(Cl)c(Cl)c1. The first-order chi connectivity index (χ1) is 8.45. The third kappa shape index (κ3) is 3.85.